The molecule has 1 amide bonds. The number of hydrogen-bond acceptors (Lipinski definition) is 4. The van der Waals surface area contributed by atoms with Gasteiger partial charge in [0.05, 0.1) is 10.6 Å². The highest BCUT2D eigenvalue weighted by Crippen LogP contribution is 2.33. The first-order valence-electron chi connectivity index (χ1n) is 8.21. The van der Waals surface area contributed by atoms with Crippen LogP contribution in [0.2, 0.25) is 0 Å². The molecule has 1 fully saturated rings. The van der Waals surface area contributed by atoms with Crippen LogP contribution in [0.15, 0.2) is 6.07 Å². The highest BCUT2D eigenvalue weighted by molar-refractivity contribution is 7.20. The zero-order chi connectivity index (χ0) is 16.9. The third-order valence-electron chi connectivity index (χ3n) is 4.82. The van der Waals surface area contributed by atoms with E-state index in [1.807, 2.05) is 22.7 Å². The van der Waals surface area contributed by atoms with E-state index >= 15 is 0 Å². The molecule has 2 atom stereocenters. The van der Waals surface area contributed by atoms with Crippen molar-refractivity contribution >= 4 is 27.5 Å². The van der Waals surface area contributed by atoms with Crippen LogP contribution in [0.25, 0.3) is 10.2 Å². The predicted molar refractivity (Wildman–Crippen MR) is 95.2 cm³/mol. The van der Waals surface area contributed by atoms with E-state index in [0.717, 1.165) is 33.9 Å². The first-order chi connectivity index (χ1) is 10.8. The van der Waals surface area contributed by atoms with Crippen LogP contribution in [0.5, 0.6) is 0 Å². The molecule has 1 saturated heterocycles. The maximum absolute atomic E-state index is 12.9. The Morgan fingerprint density at radius 2 is 2.09 bits per heavy atom. The number of likely N-dealkylation sites (tertiary alicyclic amines) is 1. The fourth-order valence-corrected chi connectivity index (χ4v) is 4.59. The maximum Gasteiger partial charge on any atom is 0.264 e. The summed E-state index contributed by atoms with van der Waals surface area (Å²) < 4.78 is 1.90. The molecule has 0 N–H and O–H groups in total. The number of thiophene rings is 1. The molecule has 0 bridgehead atoms. The minimum Gasteiger partial charge on any atom is -0.336 e. The summed E-state index contributed by atoms with van der Waals surface area (Å²) in [5, 5.41) is 5.72. The zero-order valence-corrected chi connectivity index (χ0v) is 15.6. The van der Waals surface area contributed by atoms with Crippen molar-refractivity contribution < 1.29 is 4.79 Å². The zero-order valence-electron chi connectivity index (χ0n) is 14.8. The van der Waals surface area contributed by atoms with Gasteiger partial charge in [-0.25, -0.2) is 0 Å². The average Bonchev–Trinajstić information content (AvgIpc) is 3.13. The number of hydrogen-bond donors (Lipinski definition) is 0. The molecule has 23 heavy (non-hydrogen) atoms. The highest BCUT2D eigenvalue weighted by Gasteiger charge is 2.34. The Kier molecular flexibility index (Phi) is 4.23. The molecule has 0 spiro atoms. The molecule has 2 aromatic rings. The minimum absolute atomic E-state index is 0.164. The van der Waals surface area contributed by atoms with E-state index in [2.05, 4.69) is 44.9 Å². The molecule has 3 rings (SSSR count). The molecule has 1 aliphatic rings. The van der Waals surface area contributed by atoms with E-state index in [0.29, 0.717) is 17.9 Å². The summed E-state index contributed by atoms with van der Waals surface area (Å²) >= 11 is 1.56. The van der Waals surface area contributed by atoms with E-state index < -0.39 is 0 Å². The molecule has 126 valence electrons. The summed E-state index contributed by atoms with van der Waals surface area (Å²) in [7, 11) is 6.14. The highest BCUT2D eigenvalue weighted by atomic mass is 32.1. The largest absolute Gasteiger partial charge is 0.336 e. The predicted octanol–water partition coefficient (Wildman–Crippen LogP) is 2.78. The van der Waals surface area contributed by atoms with Crippen LogP contribution >= 0.6 is 11.3 Å². The molecule has 0 radical (unpaired) electrons. The Labute approximate surface area is 141 Å². The van der Waals surface area contributed by atoms with Gasteiger partial charge in [0.15, 0.2) is 0 Å². The van der Waals surface area contributed by atoms with Gasteiger partial charge in [-0.05, 0) is 32.0 Å². The summed E-state index contributed by atoms with van der Waals surface area (Å²) in [6, 6.07) is 2.49. The van der Waals surface area contributed by atoms with Gasteiger partial charge >= 0.3 is 0 Å². The summed E-state index contributed by atoms with van der Waals surface area (Å²) in [6.45, 7) is 8.17. The first kappa shape index (κ1) is 16.5. The fraction of sp³-hybridized carbons (Fsp3) is 0.647. The number of aryl methyl sites for hydroxylation is 1. The van der Waals surface area contributed by atoms with Gasteiger partial charge in [-0.3, -0.25) is 9.48 Å². The van der Waals surface area contributed by atoms with Crippen LogP contribution in [-0.2, 0) is 7.05 Å². The second-order valence-corrected chi connectivity index (χ2v) is 8.24. The maximum atomic E-state index is 12.9. The Morgan fingerprint density at radius 1 is 1.39 bits per heavy atom. The second kappa shape index (κ2) is 5.91. The summed E-state index contributed by atoms with van der Waals surface area (Å²) in [4.78, 5) is 19.1. The fourth-order valence-electron chi connectivity index (χ4n) is 3.54. The van der Waals surface area contributed by atoms with Crippen molar-refractivity contribution in [3.05, 3.63) is 16.6 Å². The van der Waals surface area contributed by atoms with Crippen molar-refractivity contribution in [2.75, 3.05) is 27.2 Å². The molecule has 1 aliphatic heterocycles. The van der Waals surface area contributed by atoms with Crippen LogP contribution in [0.1, 0.15) is 42.1 Å². The lowest BCUT2D eigenvalue weighted by molar-refractivity contribution is 0.0786. The lowest BCUT2D eigenvalue weighted by atomic mass is 10.1. The minimum atomic E-state index is 0.164. The quantitative estimate of drug-likeness (QED) is 0.867. The number of likely N-dealkylation sites (N-methyl/N-ethyl adjacent to an activating group) is 1. The Bertz CT molecular complexity index is 730. The number of carbonyl (C=O) groups excluding carboxylic acids is 1. The smallest absolute Gasteiger partial charge is 0.264 e. The topological polar surface area (TPSA) is 41.4 Å². The van der Waals surface area contributed by atoms with Crippen molar-refractivity contribution in [1.82, 2.24) is 19.6 Å². The first-order valence-corrected chi connectivity index (χ1v) is 9.03. The van der Waals surface area contributed by atoms with Gasteiger partial charge in [0.25, 0.3) is 5.91 Å². The lowest BCUT2D eigenvalue weighted by Crippen LogP contribution is -2.35. The number of rotatable bonds is 3. The molecular weight excluding hydrogens is 308 g/mol. The monoisotopic (exact) mass is 334 g/mol. The third kappa shape index (κ3) is 2.78. The van der Waals surface area contributed by atoms with Crippen molar-refractivity contribution in [3.63, 3.8) is 0 Å². The molecule has 5 nitrogen and oxygen atoms in total. The van der Waals surface area contributed by atoms with Crippen LogP contribution < -0.4 is 0 Å². The van der Waals surface area contributed by atoms with Gasteiger partial charge in [0, 0.05) is 31.6 Å². The van der Waals surface area contributed by atoms with Crippen LogP contribution in [0.4, 0.5) is 0 Å². The molecule has 0 aliphatic carbocycles. The molecule has 2 aromatic heterocycles. The standard InChI is InChI=1S/C17H26N4OS/c1-10(2)15-12-7-14(23-17(12)20(6)18-15)16(22)21-8-11(3)13(9-21)19(4)5/h7,10-11,13H,8-9H2,1-6H3/t11-,13+/m1/s1. The van der Waals surface area contributed by atoms with Gasteiger partial charge in [-0.2, -0.15) is 5.10 Å². The van der Waals surface area contributed by atoms with Gasteiger partial charge < -0.3 is 9.80 Å². The second-order valence-electron chi connectivity index (χ2n) is 7.21. The van der Waals surface area contributed by atoms with Crippen LogP contribution in [0.3, 0.4) is 0 Å². The van der Waals surface area contributed by atoms with Crippen LogP contribution in [0, 0.1) is 5.92 Å². The van der Waals surface area contributed by atoms with Gasteiger partial charge in [-0.15, -0.1) is 11.3 Å². The molecule has 0 aromatic carbocycles. The Balaban J connectivity index is 1.89. The number of nitrogens with zero attached hydrogens (tertiary/aromatic N) is 4. The normalized spacial score (nSPS) is 22.0. The van der Waals surface area contributed by atoms with Gasteiger partial charge in [-0.1, -0.05) is 20.8 Å². The number of fused-ring (bicyclic) bond motifs is 1. The number of aromatic nitrogens is 2. The van der Waals surface area contributed by atoms with E-state index in [4.69, 9.17) is 0 Å². The molecule has 3 heterocycles. The summed E-state index contributed by atoms with van der Waals surface area (Å²) in [6.07, 6.45) is 0. The van der Waals surface area contributed by atoms with E-state index in [1.54, 1.807) is 11.3 Å². The molecule has 0 saturated carbocycles. The SMILES string of the molecule is CC(C)c1nn(C)c2sc(C(=O)N3C[C@@H](C)[C@@H](N(C)C)C3)cc12. The molecular formula is C17H26N4OS. The third-order valence-corrected chi connectivity index (χ3v) is 6.01. The lowest BCUT2D eigenvalue weighted by Gasteiger charge is -2.22. The van der Waals surface area contributed by atoms with Crippen molar-refractivity contribution in [3.8, 4) is 0 Å². The number of amides is 1. The Morgan fingerprint density at radius 3 is 2.65 bits per heavy atom. The average molecular weight is 334 g/mol. The molecule has 6 heteroatoms. The van der Waals surface area contributed by atoms with Gasteiger partial charge in [0.1, 0.15) is 4.83 Å². The Hall–Kier alpha value is -1.40. The van der Waals surface area contributed by atoms with Crippen molar-refractivity contribution in [2.45, 2.75) is 32.7 Å². The van der Waals surface area contributed by atoms with Crippen LogP contribution in [-0.4, -0.2) is 58.7 Å². The number of carbonyl (C=O) groups is 1. The summed E-state index contributed by atoms with van der Waals surface area (Å²) in [5.74, 6) is 1.04. The van der Waals surface area contributed by atoms with E-state index in [-0.39, 0.29) is 5.91 Å². The molecule has 0 unspecified atom stereocenters. The van der Waals surface area contributed by atoms with E-state index in [1.165, 1.54) is 0 Å². The van der Waals surface area contributed by atoms with E-state index in [9.17, 15) is 4.79 Å². The van der Waals surface area contributed by atoms with Crippen molar-refractivity contribution in [1.29, 1.82) is 0 Å². The van der Waals surface area contributed by atoms with Gasteiger partial charge in [0.2, 0.25) is 0 Å². The van der Waals surface area contributed by atoms with Crippen molar-refractivity contribution in [2.24, 2.45) is 13.0 Å². The summed E-state index contributed by atoms with van der Waals surface area (Å²) in [5.41, 5.74) is 1.08.